The maximum absolute atomic E-state index is 7.14. The van der Waals surface area contributed by atoms with Gasteiger partial charge < -0.3 is 9.47 Å². The molecule has 2 aromatic carbocycles. The number of hydrogen-bond acceptors (Lipinski definition) is 2. The van der Waals surface area contributed by atoms with Crippen molar-refractivity contribution in [3.8, 4) is 5.75 Å². The highest BCUT2D eigenvalue weighted by atomic mass is 31.1. The van der Waals surface area contributed by atoms with E-state index in [1.807, 2.05) is 12.2 Å². The summed E-state index contributed by atoms with van der Waals surface area (Å²) >= 11 is 0. The van der Waals surface area contributed by atoms with Crippen LogP contribution in [0.3, 0.4) is 0 Å². The van der Waals surface area contributed by atoms with Gasteiger partial charge in [-0.3, -0.25) is 0 Å². The van der Waals surface area contributed by atoms with Gasteiger partial charge in [-0.15, -0.1) is 0 Å². The summed E-state index contributed by atoms with van der Waals surface area (Å²) < 4.78 is 14.2. The molecular weight excluding hydrogens is 803 g/mol. The molecule has 3 aliphatic carbocycles. The first-order chi connectivity index (χ1) is 29.7. The monoisotopic (exact) mass is 887 g/mol. The van der Waals surface area contributed by atoms with E-state index >= 15 is 0 Å². The molecule has 0 N–H and O–H groups in total. The van der Waals surface area contributed by atoms with Crippen molar-refractivity contribution in [1.29, 1.82) is 0 Å². The van der Waals surface area contributed by atoms with Crippen LogP contribution in [0.5, 0.6) is 5.75 Å². The fourth-order valence-corrected chi connectivity index (χ4v) is 12.7. The number of hydrogen-bond donors (Lipinski definition) is 0. The average Bonchev–Trinajstić information content (AvgIpc) is 3.27. The highest BCUT2D eigenvalue weighted by Crippen LogP contribution is 2.57. The van der Waals surface area contributed by atoms with Crippen molar-refractivity contribution in [2.75, 3.05) is 6.16 Å². The number of ether oxygens (including phenoxy) is 2. The molecule has 0 aliphatic heterocycles. The van der Waals surface area contributed by atoms with Crippen molar-refractivity contribution in [2.45, 2.75) is 164 Å². The zero-order chi connectivity index (χ0) is 46.5. The zero-order valence-corrected chi connectivity index (χ0v) is 44.2. The quantitative estimate of drug-likeness (QED) is 0.116. The van der Waals surface area contributed by atoms with Crippen LogP contribution in [0.2, 0.25) is 0 Å². The number of rotatable bonds is 21. The predicted molar refractivity (Wildman–Crippen MR) is 283 cm³/mol. The Balaban J connectivity index is 1.67. The van der Waals surface area contributed by atoms with E-state index in [0.717, 1.165) is 67.1 Å². The number of aryl methyl sites for hydroxylation is 1. The molecule has 0 saturated carbocycles. The van der Waals surface area contributed by atoms with E-state index in [1.54, 1.807) is 22.3 Å². The Bertz CT molecular complexity index is 2170. The summed E-state index contributed by atoms with van der Waals surface area (Å²) in [5, 5.41) is -0.608. The van der Waals surface area contributed by atoms with E-state index in [1.165, 1.54) is 16.7 Å². The molecule has 0 aromatic heterocycles. The molecule has 0 saturated heterocycles. The van der Waals surface area contributed by atoms with Crippen molar-refractivity contribution >= 4 is 29.3 Å². The van der Waals surface area contributed by atoms with Crippen molar-refractivity contribution in [2.24, 2.45) is 28.6 Å². The number of benzene rings is 2. The number of fused-ring (bicyclic) bond motifs is 1. The normalized spacial score (nSPS) is 22.5. The van der Waals surface area contributed by atoms with Gasteiger partial charge in [0.05, 0.1) is 0 Å². The smallest absolute Gasteiger partial charge is 0.121 e. The molecule has 0 spiro atoms. The molecule has 63 heavy (non-hydrogen) atoms. The van der Waals surface area contributed by atoms with Crippen molar-refractivity contribution < 1.29 is 9.47 Å². The summed E-state index contributed by atoms with van der Waals surface area (Å²) in [6, 6.07) is 11.3. The van der Waals surface area contributed by atoms with Gasteiger partial charge in [0.15, 0.2) is 0 Å². The lowest BCUT2D eigenvalue weighted by Crippen LogP contribution is -2.35. The van der Waals surface area contributed by atoms with Crippen LogP contribution in [0.15, 0.2) is 115 Å². The van der Waals surface area contributed by atoms with Crippen LogP contribution in [0.1, 0.15) is 168 Å². The third-order valence-electron chi connectivity index (χ3n) is 15.7. The van der Waals surface area contributed by atoms with Gasteiger partial charge in [0.1, 0.15) is 22.2 Å². The minimum absolute atomic E-state index is 0.0136. The first kappa shape index (κ1) is 50.8. The van der Waals surface area contributed by atoms with Gasteiger partial charge in [-0.2, -0.15) is 0 Å². The largest absolute Gasteiger partial charge is 0.484 e. The van der Waals surface area contributed by atoms with E-state index < -0.39 is 0 Å². The van der Waals surface area contributed by atoms with Crippen LogP contribution in [0.4, 0.5) is 0 Å². The Hall–Kier alpha value is -3.18. The molecule has 3 aliphatic rings. The standard InChI is InChI=1S/C59H84O2P2/c1-18-42-30-32-46(35-43(42)19-2)60-58(16,23-6)62-38-48-50(55(10,11)20-3)34-29-40(8)53(48)54-41(9)51(56(12,13)21-4)37-52(57(14,15)22-5)49(54)39-63-59(17,24-7)61-47-33-31-44-27-25-26-28-45(44)36-47/h18-19,25-37,44-45,49,54,62-63H,1-2,20-24,38-39H2,3-17H3. The van der Waals surface area contributed by atoms with Crippen molar-refractivity contribution in [3.63, 3.8) is 0 Å². The lowest BCUT2D eigenvalue weighted by atomic mass is 9.60. The topological polar surface area (TPSA) is 18.5 Å². The average molecular weight is 887 g/mol. The molecule has 342 valence electrons. The highest BCUT2D eigenvalue weighted by molar-refractivity contribution is 7.39. The van der Waals surface area contributed by atoms with Crippen molar-refractivity contribution in [3.05, 3.63) is 148 Å². The molecular formula is C59H84O2P2. The Morgan fingerprint density at radius 3 is 1.89 bits per heavy atom. The van der Waals surface area contributed by atoms with E-state index in [0.29, 0.717) is 34.9 Å². The summed E-state index contributed by atoms with van der Waals surface area (Å²) in [7, 11) is 1.19. The van der Waals surface area contributed by atoms with E-state index in [9.17, 15) is 0 Å². The Morgan fingerprint density at radius 2 is 1.29 bits per heavy atom. The predicted octanol–water partition coefficient (Wildman–Crippen LogP) is 17.8. The SMILES string of the molecule is C=Cc1ccc(OC(C)(CC)PCc2c(C(C)(C)CC)ccc(C)c2C2C(C)=C(C(C)(C)CC)C=C(C(C)(C)CC)C2CPC(C)(CC)OC2=CC3C=CC=CC3C=C2)cc1C=C. The van der Waals surface area contributed by atoms with Gasteiger partial charge in [-0.1, -0.05) is 184 Å². The fraction of sp³-hybridized carbons (Fsp3) is 0.525. The first-order valence-electron chi connectivity index (χ1n) is 24.2. The maximum atomic E-state index is 7.14. The van der Waals surface area contributed by atoms with Crippen molar-refractivity contribution in [1.82, 2.24) is 0 Å². The molecule has 0 amide bonds. The van der Waals surface area contributed by atoms with E-state index in [2.05, 4.69) is 196 Å². The van der Waals surface area contributed by atoms with Crippen LogP contribution in [0.25, 0.3) is 12.2 Å². The summed E-state index contributed by atoms with van der Waals surface area (Å²) in [5.74, 6) is 3.29. The second-order valence-corrected chi connectivity index (χ2v) is 24.6. The van der Waals surface area contributed by atoms with E-state index in [4.69, 9.17) is 9.47 Å². The first-order valence-corrected chi connectivity index (χ1v) is 26.6. The molecule has 8 unspecified atom stereocenters. The van der Waals surface area contributed by atoms with Crippen LogP contribution >= 0.6 is 17.2 Å². The Morgan fingerprint density at radius 1 is 0.667 bits per heavy atom. The van der Waals surface area contributed by atoms with E-state index in [-0.39, 0.29) is 32.8 Å². The molecule has 0 radical (unpaired) electrons. The number of allylic oxidation sites excluding steroid dienone is 11. The lowest BCUT2D eigenvalue weighted by Gasteiger charge is -2.47. The van der Waals surface area contributed by atoms with Gasteiger partial charge in [-0.05, 0) is 158 Å². The Labute approximate surface area is 389 Å². The Kier molecular flexibility index (Phi) is 16.6. The molecule has 4 heteroatoms. The molecule has 2 aromatic rings. The minimum Gasteiger partial charge on any atom is -0.484 e. The molecule has 0 bridgehead atoms. The van der Waals surface area contributed by atoms with Gasteiger partial charge in [0, 0.05) is 17.8 Å². The van der Waals surface area contributed by atoms with Crippen LogP contribution in [-0.2, 0) is 16.3 Å². The molecule has 2 nitrogen and oxygen atoms in total. The summed E-state index contributed by atoms with van der Waals surface area (Å²) in [5.41, 5.74) is 13.0. The lowest BCUT2D eigenvalue weighted by molar-refractivity contribution is 0.0992. The molecule has 8 atom stereocenters. The van der Waals surface area contributed by atoms with Gasteiger partial charge in [-0.25, -0.2) is 0 Å². The van der Waals surface area contributed by atoms with Gasteiger partial charge in [0.25, 0.3) is 0 Å². The van der Waals surface area contributed by atoms with Gasteiger partial charge >= 0.3 is 0 Å². The molecule has 5 rings (SSSR count). The van der Waals surface area contributed by atoms with Crippen LogP contribution in [-0.4, -0.2) is 16.8 Å². The summed E-state index contributed by atoms with van der Waals surface area (Å²) in [4.78, 5) is 0. The van der Waals surface area contributed by atoms with Crippen LogP contribution < -0.4 is 4.74 Å². The third kappa shape index (κ3) is 11.3. The third-order valence-corrected chi connectivity index (χ3v) is 19.3. The second kappa shape index (κ2) is 20.6. The molecule has 0 heterocycles. The van der Waals surface area contributed by atoms with Crippen LogP contribution in [0, 0.1) is 35.5 Å². The summed E-state index contributed by atoms with van der Waals surface area (Å²) in [6.07, 6.45) is 29.6. The fourth-order valence-electron chi connectivity index (χ4n) is 9.81. The molecule has 0 fully saturated rings. The minimum atomic E-state index is -0.335. The second-order valence-electron chi connectivity index (χ2n) is 21.0. The highest BCUT2D eigenvalue weighted by Gasteiger charge is 2.44. The summed E-state index contributed by atoms with van der Waals surface area (Å²) in [6.45, 7) is 44.3. The zero-order valence-electron chi connectivity index (χ0n) is 42.2. The maximum Gasteiger partial charge on any atom is 0.121 e. The van der Waals surface area contributed by atoms with Gasteiger partial charge in [0.2, 0.25) is 0 Å².